The summed E-state index contributed by atoms with van der Waals surface area (Å²) in [6.07, 6.45) is 0. The first-order chi connectivity index (χ1) is 9.78. The molecule has 0 aliphatic rings. The molecule has 0 atom stereocenters. The normalized spacial score (nSPS) is 11.2. The molecule has 0 aliphatic carbocycles. The van der Waals surface area contributed by atoms with Gasteiger partial charge in [0.05, 0.1) is 17.1 Å². The first-order valence-corrected chi connectivity index (χ1v) is 7.61. The number of pyridine rings is 1. The molecule has 108 valence electrons. The third-order valence-corrected chi connectivity index (χ3v) is 3.70. The van der Waals surface area contributed by atoms with Crippen LogP contribution in [0.15, 0.2) is 30.3 Å². The van der Waals surface area contributed by atoms with Crippen molar-refractivity contribution in [2.24, 2.45) is 0 Å². The molecule has 1 heterocycles. The molecule has 20 heavy (non-hydrogen) atoms. The van der Waals surface area contributed by atoms with Gasteiger partial charge in [0.15, 0.2) is 0 Å². The number of nitrogens with zero attached hydrogens (tertiary/aromatic N) is 2. The number of likely N-dealkylation sites (N-methyl/N-ethyl adjacent to an activating group) is 1. The second kappa shape index (κ2) is 7.46. The quantitative estimate of drug-likeness (QED) is 0.728. The van der Waals surface area contributed by atoms with Crippen molar-refractivity contribution in [3.8, 4) is 5.75 Å². The maximum Gasteiger partial charge on any atom is 0.130 e. The van der Waals surface area contributed by atoms with Gasteiger partial charge in [0.2, 0.25) is 0 Å². The number of halogens is 1. The van der Waals surface area contributed by atoms with E-state index in [0.29, 0.717) is 12.5 Å². The summed E-state index contributed by atoms with van der Waals surface area (Å²) in [5, 5.41) is 1.04. The van der Waals surface area contributed by atoms with E-state index in [1.54, 1.807) is 0 Å². The van der Waals surface area contributed by atoms with E-state index >= 15 is 0 Å². The molecule has 1 aromatic heterocycles. The zero-order valence-corrected chi connectivity index (χ0v) is 12.9. The topological polar surface area (TPSA) is 25.4 Å². The largest absolute Gasteiger partial charge is 0.491 e. The molecule has 1 aromatic carbocycles. The van der Waals surface area contributed by atoms with Gasteiger partial charge in [0, 0.05) is 18.0 Å². The average Bonchev–Trinajstić information content (AvgIpc) is 2.51. The van der Waals surface area contributed by atoms with Gasteiger partial charge in [-0.05, 0) is 25.2 Å². The summed E-state index contributed by atoms with van der Waals surface area (Å²) >= 11 is 5.90. The highest BCUT2D eigenvalue weighted by Crippen LogP contribution is 2.25. The van der Waals surface area contributed by atoms with Crippen LogP contribution < -0.4 is 4.74 Å². The lowest BCUT2D eigenvalue weighted by Crippen LogP contribution is -2.27. The number of para-hydroxylation sites is 1. The van der Waals surface area contributed by atoms with Gasteiger partial charge >= 0.3 is 0 Å². The summed E-state index contributed by atoms with van der Waals surface area (Å²) in [6, 6.07) is 9.95. The van der Waals surface area contributed by atoms with Crippen LogP contribution in [0, 0.1) is 0 Å². The van der Waals surface area contributed by atoms with E-state index in [-0.39, 0.29) is 0 Å². The van der Waals surface area contributed by atoms with Crippen LogP contribution in [0.1, 0.15) is 19.5 Å². The van der Waals surface area contributed by atoms with Crippen molar-refractivity contribution in [3.63, 3.8) is 0 Å². The van der Waals surface area contributed by atoms with Gasteiger partial charge in [0.25, 0.3) is 0 Å². The lowest BCUT2D eigenvalue weighted by Gasteiger charge is -2.18. The van der Waals surface area contributed by atoms with E-state index in [0.717, 1.165) is 42.0 Å². The number of aromatic nitrogens is 1. The number of ether oxygens (including phenoxy) is 1. The van der Waals surface area contributed by atoms with Crippen molar-refractivity contribution in [3.05, 3.63) is 36.0 Å². The van der Waals surface area contributed by atoms with Gasteiger partial charge in [-0.25, -0.2) is 0 Å². The lowest BCUT2D eigenvalue weighted by atomic mass is 10.2. The van der Waals surface area contributed by atoms with E-state index in [1.165, 1.54) is 0 Å². The Balaban J connectivity index is 2.15. The smallest absolute Gasteiger partial charge is 0.130 e. The van der Waals surface area contributed by atoms with Gasteiger partial charge in [-0.2, -0.15) is 0 Å². The van der Waals surface area contributed by atoms with E-state index in [2.05, 4.69) is 23.7 Å². The molecule has 4 heteroatoms. The first-order valence-electron chi connectivity index (χ1n) is 7.08. The Morgan fingerprint density at radius 3 is 2.65 bits per heavy atom. The Bertz CT molecular complexity index is 555. The van der Waals surface area contributed by atoms with Crippen LogP contribution in [0.3, 0.4) is 0 Å². The fraction of sp³-hybridized carbons (Fsp3) is 0.438. The highest BCUT2D eigenvalue weighted by molar-refractivity contribution is 6.17. The van der Waals surface area contributed by atoms with Gasteiger partial charge in [-0.3, -0.25) is 4.98 Å². The predicted octanol–water partition coefficient (Wildman–Crippen LogP) is 3.69. The number of benzene rings is 1. The zero-order valence-electron chi connectivity index (χ0n) is 12.1. The summed E-state index contributed by atoms with van der Waals surface area (Å²) in [6.45, 7) is 8.03. The molecule has 0 saturated heterocycles. The lowest BCUT2D eigenvalue weighted by molar-refractivity contribution is 0.224. The minimum absolute atomic E-state index is 0.400. The maximum atomic E-state index is 5.96. The van der Waals surface area contributed by atoms with Crippen molar-refractivity contribution >= 4 is 22.5 Å². The van der Waals surface area contributed by atoms with E-state index in [1.807, 2.05) is 30.3 Å². The van der Waals surface area contributed by atoms with Crippen LogP contribution in [0.2, 0.25) is 0 Å². The summed E-state index contributed by atoms with van der Waals surface area (Å²) in [7, 11) is 0. The first kappa shape index (κ1) is 15.1. The van der Waals surface area contributed by atoms with E-state index in [4.69, 9.17) is 16.3 Å². The highest BCUT2D eigenvalue weighted by atomic mass is 35.5. The van der Waals surface area contributed by atoms with Crippen molar-refractivity contribution < 1.29 is 4.74 Å². The molecule has 0 aliphatic heterocycles. The number of fused-ring (bicyclic) bond motifs is 1. The van der Waals surface area contributed by atoms with Crippen LogP contribution in [0.5, 0.6) is 5.75 Å². The molecular weight excluding hydrogens is 272 g/mol. The van der Waals surface area contributed by atoms with Gasteiger partial charge in [0.1, 0.15) is 12.4 Å². The van der Waals surface area contributed by atoms with Crippen LogP contribution in [0.25, 0.3) is 10.9 Å². The molecule has 0 N–H and O–H groups in total. The molecule has 2 aromatic rings. The predicted molar refractivity (Wildman–Crippen MR) is 84.6 cm³/mol. The standard InChI is InChI=1S/C16H21ClN2O/c1-3-19(4-2)9-10-20-16-11-13(12-17)18-15-8-6-5-7-14(15)16/h5-8,11H,3-4,9-10,12H2,1-2H3. The van der Waals surface area contributed by atoms with Crippen molar-refractivity contribution in [2.75, 3.05) is 26.2 Å². The minimum Gasteiger partial charge on any atom is -0.491 e. The molecule has 0 unspecified atom stereocenters. The second-order valence-electron chi connectivity index (χ2n) is 4.64. The van der Waals surface area contributed by atoms with Crippen LogP contribution >= 0.6 is 11.6 Å². The third kappa shape index (κ3) is 3.62. The van der Waals surface area contributed by atoms with Crippen molar-refractivity contribution in [2.45, 2.75) is 19.7 Å². The SMILES string of the molecule is CCN(CC)CCOc1cc(CCl)nc2ccccc12. The Morgan fingerprint density at radius 2 is 1.95 bits per heavy atom. The van der Waals surface area contributed by atoms with E-state index in [9.17, 15) is 0 Å². The molecule has 0 saturated carbocycles. The molecule has 0 spiro atoms. The average molecular weight is 293 g/mol. The van der Waals surface area contributed by atoms with Crippen LogP contribution in [-0.4, -0.2) is 36.1 Å². The molecule has 0 radical (unpaired) electrons. The fourth-order valence-corrected chi connectivity index (χ4v) is 2.34. The fourth-order valence-electron chi connectivity index (χ4n) is 2.21. The number of hydrogen-bond acceptors (Lipinski definition) is 3. The molecule has 3 nitrogen and oxygen atoms in total. The van der Waals surface area contributed by atoms with Gasteiger partial charge < -0.3 is 9.64 Å². The Morgan fingerprint density at radius 1 is 1.20 bits per heavy atom. The second-order valence-corrected chi connectivity index (χ2v) is 4.91. The maximum absolute atomic E-state index is 5.96. The van der Waals surface area contributed by atoms with Crippen LogP contribution in [0.4, 0.5) is 0 Å². The van der Waals surface area contributed by atoms with E-state index < -0.39 is 0 Å². The Hall–Kier alpha value is -1.32. The molecule has 0 fully saturated rings. The summed E-state index contributed by atoms with van der Waals surface area (Å²) in [5.41, 5.74) is 1.78. The van der Waals surface area contributed by atoms with Crippen molar-refractivity contribution in [1.29, 1.82) is 0 Å². The Labute approximate surface area is 125 Å². The highest BCUT2D eigenvalue weighted by Gasteiger charge is 2.07. The molecular formula is C16H21ClN2O. The molecule has 2 rings (SSSR count). The molecule has 0 bridgehead atoms. The van der Waals surface area contributed by atoms with Crippen LogP contribution in [-0.2, 0) is 5.88 Å². The number of alkyl halides is 1. The number of rotatable bonds is 7. The molecule has 0 amide bonds. The van der Waals surface area contributed by atoms with Gasteiger partial charge in [-0.15, -0.1) is 11.6 Å². The van der Waals surface area contributed by atoms with Gasteiger partial charge in [-0.1, -0.05) is 26.0 Å². The summed E-state index contributed by atoms with van der Waals surface area (Å²) in [4.78, 5) is 6.85. The minimum atomic E-state index is 0.400. The van der Waals surface area contributed by atoms with Crippen molar-refractivity contribution in [1.82, 2.24) is 9.88 Å². The summed E-state index contributed by atoms with van der Waals surface area (Å²) in [5.74, 6) is 1.27. The Kier molecular flexibility index (Phi) is 5.62. The zero-order chi connectivity index (χ0) is 14.4. The number of hydrogen-bond donors (Lipinski definition) is 0. The third-order valence-electron chi connectivity index (χ3n) is 3.43. The summed E-state index contributed by atoms with van der Waals surface area (Å²) < 4.78 is 5.96. The monoisotopic (exact) mass is 292 g/mol.